The molecule has 106 valence electrons. The van der Waals surface area contributed by atoms with Crippen molar-refractivity contribution in [1.29, 1.82) is 0 Å². The van der Waals surface area contributed by atoms with E-state index in [2.05, 4.69) is 58.4 Å². The van der Waals surface area contributed by atoms with Gasteiger partial charge in [0, 0.05) is 26.7 Å². The number of rotatable bonds is 4. The lowest BCUT2D eigenvalue weighted by molar-refractivity contribution is 1.09. The van der Waals surface area contributed by atoms with Crippen molar-refractivity contribution in [3.05, 3.63) is 63.3 Å². The molecule has 0 fully saturated rings. The van der Waals surface area contributed by atoms with Gasteiger partial charge in [-0.15, -0.1) is 10.2 Å². The number of hydrogen-bond donors (Lipinski definition) is 2. The summed E-state index contributed by atoms with van der Waals surface area (Å²) in [6, 6.07) is 14.2. The van der Waals surface area contributed by atoms with Crippen LogP contribution in [0, 0.1) is 0 Å². The molecule has 0 radical (unpaired) electrons. The molecule has 4 nitrogen and oxygen atoms in total. The highest BCUT2D eigenvalue weighted by Gasteiger charge is 2.03. The molecule has 3 rings (SSSR count). The average molecular weight is 408 g/mol. The number of aromatic nitrogens is 3. The van der Waals surface area contributed by atoms with Crippen molar-refractivity contribution >= 4 is 37.5 Å². The van der Waals surface area contributed by atoms with E-state index in [-0.39, 0.29) is 0 Å². The largest absolute Gasteiger partial charge is 0.381 e. The third-order valence-corrected chi connectivity index (χ3v) is 4.28. The molecular formula is C15H12Br2N4. The Balaban J connectivity index is 1.75. The number of anilines is 1. The number of benzene rings is 2. The molecule has 0 amide bonds. The SMILES string of the molecule is Brc1ccc(CNc2cccc(-c3nnc[nH]3)c2)c(Br)c1. The molecule has 2 N–H and O–H groups in total. The molecule has 0 saturated heterocycles. The number of H-pyrrole nitrogens is 1. The lowest BCUT2D eigenvalue weighted by Gasteiger charge is -2.09. The Morgan fingerprint density at radius 1 is 1.10 bits per heavy atom. The minimum absolute atomic E-state index is 0.744. The molecule has 3 aromatic rings. The van der Waals surface area contributed by atoms with Crippen molar-refractivity contribution in [3.8, 4) is 11.4 Å². The van der Waals surface area contributed by atoms with Crippen LogP contribution in [0.1, 0.15) is 5.56 Å². The van der Waals surface area contributed by atoms with Gasteiger partial charge in [-0.05, 0) is 29.8 Å². The zero-order valence-corrected chi connectivity index (χ0v) is 14.1. The van der Waals surface area contributed by atoms with E-state index in [1.807, 2.05) is 36.4 Å². The van der Waals surface area contributed by atoms with Gasteiger partial charge in [0.15, 0.2) is 5.82 Å². The number of halogens is 2. The molecular weight excluding hydrogens is 396 g/mol. The quantitative estimate of drug-likeness (QED) is 0.663. The van der Waals surface area contributed by atoms with Crippen LogP contribution in [0.2, 0.25) is 0 Å². The summed E-state index contributed by atoms with van der Waals surface area (Å²) in [6.07, 6.45) is 1.58. The summed E-state index contributed by atoms with van der Waals surface area (Å²) >= 11 is 7.03. The number of nitrogens with zero attached hydrogens (tertiary/aromatic N) is 2. The molecule has 0 saturated carbocycles. The molecule has 0 spiro atoms. The zero-order chi connectivity index (χ0) is 14.7. The normalized spacial score (nSPS) is 10.6. The van der Waals surface area contributed by atoms with Gasteiger partial charge < -0.3 is 10.3 Å². The van der Waals surface area contributed by atoms with Crippen LogP contribution in [-0.2, 0) is 6.54 Å². The molecule has 0 aliphatic rings. The van der Waals surface area contributed by atoms with E-state index in [4.69, 9.17) is 0 Å². The molecule has 1 heterocycles. The fraction of sp³-hybridized carbons (Fsp3) is 0.0667. The van der Waals surface area contributed by atoms with Gasteiger partial charge in [-0.25, -0.2) is 0 Å². The zero-order valence-electron chi connectivity index (χ0n) is 11.0. The van der Waals surface area contributed by atoms with Crippen LogP contribution in [0.5, 0.6) is 0 Å². The molecule has 0 aliphatic carbocycles. The third-order valence-electron chi connectivity index (χ3n) is 3.05. The summed E-state index contributed by atoms with van der Waals surface area (Å²) in [6.45, 7) is 0.744. The standard InChI is InChI=1S/C15H12Br2N4/c16-12-5-4-11(14(17)7-12)8-18-13-3-1-2-10(6-13)15-19-9-20-21-15/h1-7,9,18H,8H2,(H,19,20,21). The monoisotopic (exact) mass is 406 g/mol. The van der Waals surface area contributed by atoms with E-state index >= 15 is 0 Å². The first-order valence-electron chi connectivity index (χ1n) is 6.36. The van der Waals surface area contributed by atoms with E-state index in [0.29, 0.717) is 0 Å². The highest BCUT2D eigenvalue weighted by Crippen LogP contribution is 2.24. The minimum Gasteiger partial charge on any atom is -0.381 e. The van der Waals surface area contributed by atoms with Crippen LogP contribution >= 0.6 is 31.9 Å². The Morgan fingerprint density at radius 2 is 2.00 bits per heavy atom. The fourth-order valence-electron chi connectivity index (χ4n) is 1.99. The van der Waals surface area contributed by atoms with E-state index < -0.39 is 0 Å². The lowest BCUT2D eigenvalue weighted by atomic mass is 10.1. The van der Waals surface area contributed by atoms with Crippen LogP contribution < -0.4 is 5.32 Å². The van der Waals surface area contributed by atoms with Gasteiger partial charge in [0.1, 0.15) is 6.33 Å². The van der Waals surface area contributed by atoms with E-state index in [9.17, 15) is 0 Å². The van der Waals surface area contributed by atoms with Crippen LogP contribution in [0.4, 0.5) is 5.69 Å². The Bertz CT molecular complexity index is 741. The molecule has 0 aliphatic heterocycles. The van der Waals surface area contributed by atoms with Crippen LogP contribution in [0.3, 0.4) is 0 Å². The van der Waals surface area contributed by atoms with Crippen molar-refractivity contribution in [2.45, 2.75) is 6.54 Å². The molecule has 0 bridgehead atoms. The van der Waals surface area contributed by atoms with Crippen molar-refractivity contribution < 1.29 is 0 Å². The first kappa shape index (κ1) is 14.3. The van der Waals surface area contributed by atoms with Crippen LogP contribution in [0.25, 0.3) is 11.4 Å². The lowest BCUT2D eigenvalue weighted by Crippen LogP contribution is -2.00. The number of aromatic amines is 1. The van der Waals surface area contributed by atoms with Gasteiger partial charge in [-0.3, -0.25) is 0 Å². The maximum atomic E-state index is 4.02. The van der Waals surface area contributed by atoms with Gasteiger partial charge in [0.25, 0.3) is 0 Å². The van der Waals surface area contributed by atoms with Crippen molar-refractivity contribution in [3.63, 3.8) is 0 Å². The molecule has 1 aromatic heterocycles. The third kappa shape index (κ3) is 3.51. The fourth-order valence-corrected chi connectivity index (χ4v) is 3.17. The number of hydrogen-bond acceptors (Lipinski definition) is 3. The smallest absolute Gasteiger partial charge is 0.161 e. The van der Waals surface area contributed by atoms with Gasteiger partial charge in [-0.2, -0.15) is 0 Å². The summed E-state index contributed by atoms with van der Waals surface area (Å²) in [5.74, 6) is 0.767. The topological polar surface area (TPSA) is 53.6 Å². The number of nitrogens with one attached hydrogen (secondary N) is 2. The van der Waals surface area contributed by atoms with Crippen molar-refractivity contribution in [1.82, 2.24) is 15.2 Å². The Labute approximate surface area is 139 Å². The Morgan fingerprint density at radius 3 is 2.76 bits per heavy atom. The van der Waals surface area contributed by atoms with Crippen molar-refractivity contribution in [2.24, 2.45) is 0 Å². The van der Waals surface area contributed by atoms with Gasteiger partial charge in [0.2, 0.25) is 0 Å². The molecule has 21 heavy (non-hydrogen) atoms. The Kier molecular flexibility index (Phi) is 4.36. The second-order valence-corrected chi connectivity index (χ2v) is 6.28. The predicted molar refractivity (Wildman–Crippen MR) is 91.0 cm³/mol. The molecule has 2 aromatic carbocycles. The predicted octanol–water partition coefficient (Wildman–Crippen LogP) is 4.61. The summed E-state index contributed by atoms with van der Waals surface area (Å²) in [5.41, 5.74) is 3.24. The van der Waals surface area contributed by atoms with E-state index in [0.717, 1.165) is 32.6 Å². The van der Waals surface area contributed by atoms with Crippen LogP contribution in [0.15, 0.2) is 57.7 Å². The summed E-state index contributed by atoms with van der Waals surface area (Å²) < 4.78 is 2.14. The second-order valence-electron chi connectivity index (χ2n) is 4.51. The first-order chi connectivity index (χ1) is 10.2. The highest BCUT2D eigenvalue weighted by atomic mass is 79.9. The van der Waals surface area contributed by atoms with E-state index in [1.165, 1.54) is 5.56 Å². The average Bonchev–Trinajstić information content (AvgIpc) is 3.01. The van der Waals surface area contributed by atoms with Crippen molar-refractivity contribution in [2.75, 3.05) is 5.32 Å². The highest BCUT2D eigenvalue weighted by molar-refractivity contribution is 9.11. The summed E-state index contributed by atoms with van der Waals surface area (Å²) in [4.78, 5) is 3.01. The van der Waals surface area contributed by atoms with Crippen LogP contribution in [-0.4, -0.2) is 15.2 Å². The molecule has 6 heteroatoms. The first-order valence-corrected chi connectivity index (χ1v) is 7.95. The summed E-state index contributed by atoms with van der Waals surface area (Å²) in [7, 11) is 0. The van der Waals surface area contributed by atoms with Gasteiger partial charge in [0.05, 0.1) is 0 Å². The Hall–Kier alpha value is -1.66. The maximum absolute atomic E-state index is 4.02. The minimum atomic E-state index is 0.744. The second kappa shape index (κ2) is 6.41. The van der Waals surface area contributed by atoms with Gasteiger partial charge in [-0.1, -0.05) is 50.1 Å². The maximum Gasteiger partial charge on any atom is 0.161 e. The summed E-state index contributed by atoms with van der Waals surface area (Å²) in [5, 5.41) is 11.2. The molecule has 0 atom stereocenters. The van der Waals surface area contributed by atoms with E-state index in [1.54, 1.807) is 6.33 Å². The molecule has 0 unspecified atom stereocenters. The van der Waals surface area contributed by atoms with Gasteiger partial charge >= 0.3 is 0 Å².